The average Bonchev–Trinajstić information content (AvgIpc) is 2.92. The number of hydrogen-bond acceptors (Lipinski definition) is 7. The number of aromatic nitrogens is 3. The topological polar surface area (TPSA) is 92.3 Å². The van der Waals surface area contributed by atoms with Crippen LogP contribution in [0.25, 0.3) is 10.9 Å². The number of hydrogen-bond donors (Lipinski definition) is 2. The Kier molecular flexibility index (Phi) is 8.63. The standard InChI is InChI=1S/C29H30N6O2/c1-4-35(5-2)19-28(36)31-15-6-8-22-10-12-26-25(17-22)29(33-20-32-26)34-23-11-13-27(21(3)16-23)37-24-9-7-14-30-18-24/h7,9-14,16-18,20H,4-5,15,19H2,1-3H3,(H,31,36)(H,32,33,34). The van der Waals surface area contributed by atoms with Gasteiger partial charge in [0.15, 0.2) is 0 Å². The van der Waals surface area contributed by atoms with Gasteiger partial charge in [0.1, 0.15) is 23.6 Å². The molecule has 188 valence electrons. The van der Waals surface area contributed by atoms with Crippen molar-refractivity contribution in [1.29, 1.82) is 0 Å². The van der Waals surface area contributed by atoms with Crippen molar-refractivity contribution < 1.29 is 9.53 Å². The molecule has 0 unspecified atom stereocenters. The van der Waals surface area contributed by atoms with Crippen molar-refractivity contribution in [2.45, 2.75) is 20.8 Å². The first-order valence-electron chi connectivity index (χ1n) is 12.2. The molecule has 0 aliphatic rings. The van der Waals surface area contributed by atoms with Crippen molar-refractivity contribution in [2.75, 3.05) is 31.5 Å². The zero-order valence-electron chi connectivity index (χ0n) is 21.3. The van der Waals surface area contributed by atoms with Crippen LogP contribution < -0.4 is 15.4 Å². The van der Waals surface area contributed by atoms with Gasteiger partial charge in [-0.25, -0.2) is 9.97 Å². The highest BCUT2D eigenvalue weighted by atomic mass is 16.5. The third-order valence-electron chi connectivity index (χ3n) is 5.80. The summed E-state index contributed by atoms with van der Waals surface area (Å²) in [5.41, 5.74) is 3.48. The Labute approximate surface area is 217 Å². The number of carbonyl (C=O) groups is 1. The first-order chi connectivity index (χ1) is 18.1. The number of pyridine rings is 1. The van der Waals surface area contributed by atoms with Gasteiger partial charge in [0, 0.05) is 22.8 Å². The molecular formula is C29H30N6O2. The minimum absolute atomic E-state index is 0.0245. The third-order valence-corrected chi connectivity index (χ3v) is 5.80. The Morgan fingerprint density at radius 3 is 2.70 bits per heavy atom. The fourth-order valence-electron chi connectivity index (χ4n) is 3.74. The second-order valence-corrected chi connectivity index (χ2v) is 8.39. The van der Waals surface area contributed by atoms with E-state index in [-0.39, 0.29) is 5.91 Å². The lowest BCUT2D eigenvalue weighted by molar-refractivity contribution is -0.121. The van der Waals surface area contributed by atoms with Gasteiger partial charge in [-0.05, 0) is 74.1 Å². The number of aryl methyl sites for hydroxylation is 1. The lowest BCUT2D eigenvalue weighted by atomic mass is 10.1. The van der Waals surface area contributed by atoms with E-state index in [2.05, 4.69) is 42.3 Å². The molecule has 0 fully saturated rings. The van der Waals surface area contributed by atoms with E-state index in [1.165, 1.54) is 6.33 Å². The van der Waals surface area contributed by atoms with E-state index in [4.69, 9.17) is 4.74 Å². The fourth-order valence-corrected chi connectivity index (χ4v) is 3.74. The van der Waals surface area contributed by atoms with E-state index in [1.54, 1.807) is 12.4 Å². The van der Waals surface area contributed by atoms with Crippen LogP contribution in [-0.2, 0) is 4.79 Å². The van der Waals surface area contributed by atoms with Crippen LogP contribution in [0.4, 0.5) is 11.5 Å². The lowest BCUT2D eigenvalue weighted by Crippen LogP contribution is -2.37. The molecule has 37 heavy (non-hydrogen) atoms. The molecule has 2 aromatic carbocycles. The van der Waals surface area contributed by atoms with E-state index >= 15 is 0 Å². The number of amides is 1. The fraction of sp³-hybridized carbons (Fsp3) is 0.241. The summed E-state index contributed by atoms with van der Waals surface area (Å²) in [6, 6.07) is 15.4. The van der Waals surface area contributed by atoms with Crippen molar-refractivity contribution in [2.24, 2.45) is 0 Å². The molecule has 4 rings (SSSR count). The van der Waals surface area contributed by atoms with Crippen molar-refractivity contribution in [3.8, 4) is 23.3 Å². The van der Waals surface area contributed by atoms with Crippen LogP contribution in [0.5, 0.6) is 11.5 Å². The van der Waals surface area contributed by atoms with Gasteiger partial charge in [-0.3, -0.25) is 14.7 Å². The maximum absolute atomic E-state index is 12.1. The van der Waals surface area contributed by atoms with E-state index in [0.29, 0.717) is 24.7 Å². The summed E-state index contributed by atoms with van der Waals surface area (Å²) < 4.78 is 5.93. The summed E-state index contributed by atoms with van der Waals surface area (Å²) in [5.74, 6) is 8.25. The summed E-state index contributed by atoms with van der Waals surface area (Å²) in [6.45, 7) is 8.43. The van der Waals surface area contributed by atoms with Crippen LogP contribution in [-0.4, -0.2) is 51.9 Å². The summed E-state index contributed by atoms with van der Waals surface area (Å²) in [5, 5.41) is 7.10. The number of nitrogens with one attached hydrogen (secondary N) is 2. The van der Waals surface area contributed by atoms with Gasteiger partial charge in [-0.1, -0.05) is 25.7 Å². The maximum Gasteiger partial charge on any atom is 0.234 e. The smallest absolute Gasteiger partial charge is 0.234 e. The van der Waals surface area contributed by atoms with Crippen LogP contribution in [0.2, 0.25) is 0 Å². The van der Waals surface area contributed by atoms with Gasteiger partial charge in [0.25, 0.3) is 0 Å². The van der Waals surface area contributed by atoms with Crippen LogP contribution in [0, 0.1) is 18.8 Å². The molecule has 0 saturated carbocycles. The average molecular weight is 495 g/mol. The summed E-state index contributed by atoms with van der Waals surface area (Å²) in [6.07, 6.45) is 4.93. The van der Waals surface area contributed by atoms with E-state index in [0.717, 1.165) is 46.6 Å². The highest BCUT2D eigenvalue weighted by Crippen LogP contribution is 2.29. The van der Waals surface area contributed by atoms with Crippen molar-refractivity contribution >= 4 is 28.3 Å². The molecule has 2 heterocycles. The van der Waals surface area contributed by atoms with Gasteiger partial charge in [0.05, 0.1) is 24.8 Å². The Bertz CT molecular complexity index is 1430. The molecule has 0 aliphatic carbocycles. The molecule has 0 radical (unpaired) electrons. The van der Waals surface area contributed by atoms with Crippen molar-refractivity contribution in [3.05, 3.63) is 78.4 Å². The zero-order valence-corrected chi connectivity index (χ0v) is 21.3. The second kappa shape index (κ2) is 12.5. The molecule has 0 saturated heterocycles. The van der Waals surface area contributed by atoms with Gasteiger partial charge in [0.2, 0.25) is 5.91 Å². The lowest BCUT2D eigenvalue weighted by Gasteiger charge is -2.16. The molecule has 0 atom stereocenters. The predicted molar refractivity (Wildman–Crippen MR) is 146 cm³/mol. The molecule has 8 heteroatoms. The highest BCUT2D eigenvalue weighted by molar-refractivity contribution is 5.91. The molecule has 1 amide bonds. The van der Waals surface area contributed by atoms with Crippen LogP contribution in [0.1, 0.15) is 25.0 Å². The number of carbonyl (C=O) groups excluding carboxylic acids is 1. The normalized spacial score (nSPS) is 10.6. The Balaban J connectivity index is 1.45. The SMILES string of the molecule is CCN(CC)CC(=O)NCC#Cc1ccc2ncnc(Nc3ccc(Oc4cccnc4)c(C)c3)c2c1. The molecule has 2 aromatic heterocycles. The number of ether oxygens (including phenoxy) is 1. The van der Waals surface area contributed by atoms with Gasteiger partial charge in [-0.2, -0.15) is 0 Å². The van der Waals surface area contributed by atoms with E-state index in [9.17, 15) is 4.79 Å². The number of nitrogens with zero attached hydrogens (tertiary/aromatic N) is 4. The summed E-state index contributed by atoms with van der Waals surface area (Å²) >= 11 is 0. The van der Waals surface area contributed by atoms with Crippen LogP contribution in [0.3, 0.4) is 0 Å². The Morgan fingerprint density at radius 2 is 1.95 bits per heavy atom. The molecule has 0 spiro atoms. The van der Waals surface area contributed by atoms with Crippen LogP contribution >= 0.6 is 0 Å². The second-order valence-electron chi connectivity index (χ2n) is 8.39. The Morgan fingerprint density at radius 1 is 1.08 bits per heavy atom. The zero-order chi connectivity index (χ0) is 26.0. The van der Waals surface area contributed by atoms with Gasteiger partial charge in [-0.15, -0.1) is 0 Å². The quantitative estimate of drug-likeness (QED) is 0.327. The summed E-state index contributed by atoms with van der Waals surface area (Å²) in [4.78, 5) is 27.0. The number of fused-ring (bicyclic) bond motifs is 1. The predicted octanol–water partition coefficient (Wildman–Crippen LogP) is 4.68. The molecular weight excluding hydrogens is 464 g/mol. The summed E-state index contributed by atoms with van der Waals surface area (Å²) in [7, 11) is 0. The Hall–Kier alpha value is -4.48. The molecule has 8 nitrogen and oxygen atoms in total. The van der Waals surface area contributed by atoms with Crippen molar-refractivity contribution in [3.63, 3.8) is 0 Å². The van der Waals surface area contributed by atoms with Gasteiger partial charge < -0.3 is 15.4 Å². The molecule has 0 aliphatic heterocycles. The number of benzene rings is 2. The van der Waals surface area contributed by atoms with Crippen LogP contribution in [0.15, 0.2) is 67.3 Å². The monoisotopic (exact) mass is 494 g/mol. The van der Waals surface area contributed by atoms with Gasteiger partial charge >= 0.3 is 0 Å². The third kappa shape index (κ3) is 7.03. The highest BCUT2D eigenvalue weighted by Gasteiger charge is 2.08. The first kappa shape index (κ1) is 25.6. The minimum atomic E-state index is -0.0245. The number of likely N-dealkylation sites (N-methyl/N-ethyl adjacent to an activating group) is 1. The largest absolute Gasteiger partial charge is 0.455 e. The molecule has 0 bridgehead atoms. The van der Waals surface area contributed by atoms with E-state index < -0.39 is 0 Å². The van der Waals surface area contributed by atoms with E-state index in [1.807, 2.05) is 69.3 Å². The molecule has 2 N–H and O–H groups in total. The number of rotatable bonds is 9. The first-order valence-corrected chi connectivity index (χ1v) is 12.2. The van der Waals surface area contributed by atoms with Crippen molar-refractivity contribution in [1.82, 2.24) is 25.2 Å². The maximum atomic E-state index is 12.1. The minimum Gasteiger partial charge on any atom is -0.455 e. The molecule has 4 aromatic rings. The number of anilines is 2.